The Hall–Kier alpha value is -2.14. The Morgan fingerprint density at radius 1 is 1.24 bits per heavy atom. The fraction of sp³-hybridized carbons (Fsp3) is 0. The first kappa shape index (κ1) is 11.3. The van der Waals surface area contributed by atoms with Crippen molar-refractivity contribution in [3.63, 3.8) is 0 Å². The molecule has 0 unspecified atom stereocenters. The predicted octanol–water partition coefficient (Wildman–Crippen LogP) is 1.79. The summed E-state index contributed by atoms with van der Waals surface area (Å²) in [6, 6.07) is 6.06. The molecule has 0 saturated carbocycles. The summed E-state index contributed by atoms with van der Waals surface area (Å²) in [5, 5.41) is 13.0. The van der Waals surface area contributed by atoms with Crippen LogP contribution in [0.3, 0.4) is 0 Å². The van der Waals surface area contributed by atoms with E-state index >= 15 is 0 Å². The van der Waals surface area contributed by atoms with Gasteiger partial charge in [0.25, 0.3) is 5.78 Å². The smallest absolute Gasteiger partial charge is 0.377 e. The van der Waals surface area contributed by atoms with Gasteiger partial charge in [-0.15, -0.1) is 0 Å². The summed E-state index contributed by atoms with van der Waals surface area (Å²) in [7, 11) is 0. The van der Waals surface area contributed by atoms with Gasteiger partial charge < -0.3 is 5.11 Å². The zero-order valence-corrected chi connectivity index (χ0v) is 9.26. The highest BCUT2D eigenvalue weighted by Crippen LogP contribution is 2.13. The maximum atomic E-state index is 11.2. The number of carboxylic acids is 1. The summed E-state index contributed by atoms with van der Waals surface area (Å²) >= 11 is 5.72. The fourth-order valence-electron chi connectivity index (χ4n) is 1.33. The van der Waals surface area contributed by atoms with Crippen LogP contribution < -0.4 is 0 Å². The molecule has 2 rings (SSSR count). The quantitative estimate of drug-likeness (QED) is 0.666. The van der Waals surface area contributed by atoms with Gasteiger partial charge in [0.15, 0.2) is 0 Å². The monoisotopic (exact) mass is 250 g/mol. The van der Waals surface area contributed by atoms with Crippen LogP contribution in [0, 0.1) is 0 Å². The number of hydrogen-bond acceptors (Lipinski definition) is 3. The Morgan fingerprint density at radius 2 is 1.88 bits per heavy atom. The number of benzene rings is 1. The third-order valence-electron chi connectivity index (χ3n) is 2.14. The first-order chi connectivity index (χ1) is 8.08. The van der Waals surface area contributed by atoms with Gasteiger partial charge in [0.2, 0.25) is 0 Å². The molecule has 2 aromatic rings. The second-order valence-corrected chi connectivity index (χ2v) is 3.72. The van der Waals surface area contributed by atoms with Crippen LogP contribution in [-0.2, 0) is 4.79 Å². The lowest BCUT2D eigenvalue weighted by Crippen LogP contribution is -2.12. The average Bonchev–Trinajstić information content (AvgIpc) is 2.75. The zero-order valence-electron chi connectivity index (χ0n) is 8.50. The molecule has 1 N–H and O–H groups in total. The average molecular weight is 251 g/mol. The second kappa shape index (κ2) is 4.39. The van der Waals surface area contributed by atoms with Crippen molar-refractivity contribution in [3.05, 3.63) is 47.2 Å². The molecule has 1 aromatic carbocycles. The number of carbonyl (C=O) groups excluding carboxylic acids is 1. The number of hydrogen-bond donors (Lipinski definition) is 1. The molecule has 0 aliphatic carbocycles. The molecule has 0 spiro atoms. The highest BCUT2D eigenvalue weighted by Gasteiger charge is 2.13. The molecular weight excluding hydrogens is 244 g/mol. The van der Waals surface area contributed by atoms with E-state index < -0.39 is 11.8 Å². The van der Waals surface area contributed by atoms with E-state index in [1.54, 1.807) is 18.3 Å². The van der Waals surface area contributed by atoms with E-state index in [-0.39, 0.29) is 5.56 Å². The Kier molecular flexibility index (Phi) is 2.93. The van der Waals surface area contributed by atoms with E-state index in [0.717, 1.165) is 0 Å². The van der Waals surface area contributed by atoms with E-state index in [9.17, 15) is 9.59 Å². The van der Waals surface area contributed by atoms with Gasteiger partial charge >= 0.3 is 5.97 Å². The van der Waals surface area contributed by atoms with Gasteiger partial charge in [-0.25, -0.2) is 9.48 Å². The maximum Gasteiger partial charge on any atom is 0.377 e. The van der Waals surface area contributed by atoms with Crippen molar-refractivity contribution in [2.45, 2.75) is 0 Å². The standard InChI is InChI=1S/C11H7ClN2O3/c12-8-5-13-14(6-8)9-3-1-7(2-4-9)10(15)11(16)17/h1-6H,(H,16,17). The molecular formula is C11H7ClN2O3. The first-order valence-corrected chi connectivity index (χ1v) is 5.04. The number of nitrogens with zero attached hydrogens (tertiary/aromatic N) is 2. The van der Waals surface area contributed by atoms with E-state index in [4.69, 9.17) is 16.7 Å². The summed E-state index contributed by atoms with van der Waals surface area (Å²) < 4.78 is 1.53. The van der Waals surface area contributed by atoms with E-state index in [2.05, 4.69) is 5.10 Å². The van der Waals surface area contributed by atoms with Crippen LogP contribution in [-0.4, -0.2) is 26.6 Å². The van der Waals surface area contributed by atoms with Crippen molar-refractivity contribution in [2.75, 3.05) is 0 Å². The largest absolute Gasteiger partial charge is 0.475 e. The van der Waals surface area contributed by atoms with Gasteiger partial charge in [-0.2, -0.15) is 5.10 Å². The molecule has 0 aliphatic rings. The van der Waals surface area contributed by atoms with Crippen LogP contribution in [0.2, 0.25) is 5.02 Å². The minimum Gasteiger partial charge on any atom is -0.475 e. The van der Waals surface area contributed by atoms with Gasteiger partial charge in [-0.1, -0.05) is 11.6 Å². The molecule has 17 heavy (non-hydrogen) atoms. The summed E-state index contributed by atoms with van der Waals surface area (Å²) in [6.45, 7) is 0. The highest BCUT2D eigenvalue weighted by molar-refractivity contribution is 6.39. The van der Waals surface area contributed by atoms with E-state index in [1.807, 2.05) is 0 Å². The minimum absolute atomic E-state index is 0.125. The maximum absolute atomic E-state index is 11.2. The highest BCUT2D eigenvalue weighted by atomic mass is 35.5. The van der Waals surface area contributed by atoms with Crippen LogP contribution in [0.5, 0.6) is 0 Å². The van der Waals surface area contributed by atoms with E-state index in [0.29, 0.717) is 10.7 Å². The molecule has 0 atom stereocenters. The molecule has 0 aliphatic heterocycles. The van der Waals surface area contributed by atoms with Gasteiger partial charge in [0, 0.05) is 11.8 Å². The number of ketones is 1. The van der Waals surface area contributed by atoms with Crippen LogP contribution in [0.1, 0.15) is 10.4 Å². The molecule has 5 nitrogen and oxygen atoms in total. The van der Waals surface area contributed by atoms with Crippen molar-refractivity contribution in [2.24, 2.45) is 0 Å². The number of carbonyl (C=O) groups is 2. The third-order valence-corrected chi connectivity index (χ3v) is 2.33. The molecule has 0 radical (unpaired) electrons. The lowest BCUT2D eigenvalue weighted by atomic mass is 10.1. The van der Waals surface area contributed by atoms with Gasteiger partial charge in [0.05, 0.1) is 16.9 Å². The predicted molar refractivity (Wildman–Crippen MR) is 60.5 cm³/mol. The number of halogens is 1. The lowest BCUT2D eigenvalue weighted by molar-refractivity contribution is -0.131. The Balaban J connectivity index is 2.30. The number of rotatable bonds is 3. The number of aromatic nitrogens is 2. The number of aliphatic carboxylic acids is 1. The van der Waals surface area contributed by atoms with Crippen LogP contribution in [0.4, 0.5) is 0 Å². The summed E-state index contributed by atoms with van der Waals surface area (Å²) in [5.74, 6) is -2.41. The fourth-order valence-corrected chi connectivity index (χ4v) is 1.47. The molecule has 86 valence electrons. The Bertz CT molecular complexity index is 575. The van der Waals surface area contributed by atoms with Gasteiger partial charge in [-0.05, 0) is 24.3 Å². The topological polar surface area (TPSA) is 72.2 Å². The molecule has 0 saturated heterocycles. The van der Waals surface area contributed by atoms with Crippen LogP contribution in [0.15, 0.2) is 36.7 Å². The number of Topliss-reactive ketones (excluding diaryl/α,β-unsaturated/α-hetero) is 1. The molecule has 6 heteroatoms. The van der Waals surface area contributed by atoms with Crippen molar-refractivity contribution in [1.82, 2.24) is 9.78 Å². The molecule has 0 amide bonds. The molecule has 1 heterocycles. The lowest BCUT2D eigenvalue weighted by Gasteiger charge is -2.01. The Labute approximate surface area is 101 Å². The van der Waals surface area contributed by atoms with Crippen molar-refractivity contribution in [3.8, 4) is 5.69 Å². The van der Waals surface area contributed by atoms with Crippen molar-refractivity contribution < 1.29 is 14.7 Å². The summed E-state index contributed by atoms with van der Waals surface area (Å²) in [6.07, 6.45) is 3.09. The van der Waals surface area contributed by atoms with Crippen LogP contribution in [0.25, 0.3) is 5.69 Å². The molecule has 1 aromatic heterocycles. The summed E-state index contributed by atoms with van der Waals surface area (Å²) in [4.78, 5) is 21.6. The first-order valence-electron chi connectivity index (χ1n) is 4.66. The molecule has 0 bridgehead atoms. The van der Waals surface area contributed by atoms with Crippen LogP contribution >= 0.6 is 11.6 Å². The van der Waals surface area contributed by atoms with Crippen molar-refractivity contribution >= 4 is 23.4 Å². The second-order valence-electron chi connectivity index (χ2n) is 3.28. The molecule has 0 fully saturated rings. The number of carboxylic acid groups (broad SMARTS) is 1. The van der Waals surface area contributed by atoms with E-state index in [1.165, 1.54) is 23.0 Å². The third kappa shape index (κ3) is 2.34. The minimum atomic E-state index is -1.47. The van der Waals surface area contributed by atoms with Gasteiger partial charge in [0.1, 0.15) is 0 Å². The summed E-state index contributed by atoms with van der Waals surface area (Å²) in [5.41, 5.74) is 0.818. The SMILES string of the molecule is O=C(O)C(=O)c1ccc(-n2cc(Cl)cn2)cc1. The Morgan fingerprint density at radius 3 is 2.35 bits per heavy atom. The normalized spacial score (nSPS) is 10.2. The van der Waals surface area contributed by atoms with Gasteiger partial charge in [-0.3, -0.25) is 4.79 Å². The van der Waals surface area contributed by atoms with Crippen molar-refractivity contribution in [1.29, 1.82) is 0 Å². The zero-order chi connectivity index (χ0) is 12.4.